The number of hydrogen-bond acceptors (Lipinski definition) is 3. The van der Waals surface area contributed by atoms with Crippen molar-refractivity contribution in [3.8, 4) is 5.75 Å². The van der Waals surface area contributed by atoms with Crippen molar-refractivity contribution < 1.29 is 10.2 Å². The van der Waals surface area contributed by atoms with Crippen LogP contribution in [0.4, 0.5) is 0 Å². The normalized spacial score (nSPS) is 15.4. The molecule has 0 aliphatic rings. The topological polar surface area (TPSA) is 66.5 Å². The van der Waals surface area contributed by atoms with E-state index in [4.69, 9.17) is 5.73 Å². The van der Waals surface area contributed by atoms with E-state index in [-0.39, 0.29) is 30.1 Å². The Kier molecular flexibility index (Phi) is 5.81. The molecule has 20 heavy (non-hydrogen) atoms. The van der Waals surface area contributed by atoms with Gasteiger partial charge in [-0.05, 0) is 40.5 Å². The van der Waals surface area contributed by atoms with Gasteiger partial charge in [-0.1, -0.05) is 38.5 Å². The number of aromatic hydroxyl groups is 1. The number of phenolic OH excluding ortho intramolecular Hbond substituents is 1. The summed E-state index contributed by atoms with van der Waals surface area (Å²) in [5.74, 6) is 0.426. The maximum Gasteiger partial charge on any atom is 0.116 e. The fourth-order valence-electron chi connectivity index (χ4n) is 2.25. The minimum atomic E-state index is -0.542. The standard InChI is InChI=1S/C16H21NO2.ClH/c1-3-10(2)16(19)15(17)13-5-4-12-9-14(18)7-6-11(12)8-13;/h4-10,15-16,18-19H,3,17H2,1-2H3;1H/t10?,15-,16+;/m0./s1. The lowest BCUT2D eigenvalue weighted by Crippen LogP contribution is -2.31. The van der Waals surface area contributed by atoms with Gasteiger partial charge in [-0.15, -0.1) is 12.4 Å². The Hall–Kier alpha value is -1.29. The molecule has 0 radical (unpaired) electrons. The second kappa shape index (κ2) is 6.93. The van der Waals surface area contributed by atoms with Crippen molar-refractivity contribution in [2.45, 2.75) is 32.4 Å². The highest BCUT2D eigenvalue weighted by atomic mass is 35.5. The number of fused-ring (bicyclic) bond motifs is 1. The average Bonchev–Trinajstić information content (AvgIpc) is 2.44. The third-order valence-corrected chi connectivity index (χ3v) is 3.83. The van der Waals surface area contributed by atoms with Crippen molar-refractivity contribution in [1.29, 1.82) is 0 Å². The molecule has 0 heterocycles. The maximum atomic E-state index is 10.2. The molecule has 0 saturated heterocycles. The Labute approximate surface area is 125 Å². The third-order valence-electron chi connectivity index (χ3n) is 3.83. The van der Waals surface area contributed by atoms with Crippen LogP contribution in [0.3, 0.4) is 0 Å². The predicted octanol–water partition coefficient (Wildman–Crippen LogP) is 3.37. The van der Waals surface area contributed by atoms with Crippen LogP contribution < -0.4 is 5.73 Å². The van der Waals surface area contributed by atoms with Crippen LogP contribution in [0.15, 0.2) is 36.4 Å². The Morgan fingerprint density at radius 2 is 1.70 bits per heavy atom. The largest absolute Gasteiger partial charge is 0.508 e. The SMILES string of the molecule is CCC(C)[C@@H](O)[C@@H](N)c1ccc2cc(O)ccc2c1.Cl. The molecule has 4 heteroatoms. The lowest BCUT2D eigenvalue weighted by atomic mass is 9.90. The van der Waals surface area contributed by atoms with E-state index < -0.39 is 6.10 Å². The summed E-state index contributed by atoms with van der Waals surface area (Å²) in [5, 5.41) is 21.6. The first-order chi connectivity index (χ1) is 9.02. The average molecular weight is 296 g/mol. The summed E-state index contributed by atoms with van der Waals surface area (Å²) in [6.07, 6.45) is 0.357. The maximum absolute atomic E-state index is 10.2. The van der Waals surface area contributed by atoms with Gasteiger partial charge in [-0.25, -0.2) is 0 Å². The molecule has 0 aliphatic carbocycles. The predicted molar refractivity (Wildman–Crippen MR) is 85.3 cm³/mol. The van der Waals surface area contributed by atoms with E-state index in [2.05, 4.69) is 0 Å². The van der Waals surface area contributed by atoms with Crippen LogP contribution in [0.2, 0.25) is 0 Å². The minimum absolute atomic E-state index is 0. The molecule has 0 bridgehead atoms. The number of rotatable bonds is 4. The first-order valence-corrected chi connectivity index (χ1v) is 6.69. The summed E-state index contributed by atoms with van der Waals surface area (Å²) in [5.41, 5.74) is 7.06. The highest BCUT2D eigenvalue weighted by molar-refractivity contribution is 5.85. The zero-order chi connectivity index (χ0) is 14.0. The Morgan fingerprint density at radius 3 is 2.35 bits per heavy atom. The van der Waals surface area contributed by atoms with Crippen molar-refractivity contribution in [3.63, 3.8) is 0 Å². The highest BCUT2D eigenvalue weighted by Crippen LogP contribution is 2.26. The molecule has 0 spiro atoms. The van der Waals surface area contributed by atoms with Gasteiger partial charge in [0.05, 0.1) is 12.1 Å². The van der Waals surface area contributed by atoms with Crippen molar-refractivity contribution in [2.75, 3.05) is 0 Å². The van der Waals surface area contributed by atoms with Gasteiger partial charge in [0.1, 0.15) is 5.75 Å². The summed E-state index contributed by atoms with van der Waals surface area (Å²) in [4.78, 5) is 0. The van der Waals surface area contributed by atoms with E-state index in [0.29, 0.717) is 0 Å². The monoisotopic (exact) mass is 295 g/mol. The number of aliphatic hydroxyl groups is 1. The van der Waals surface area contributed by atoms with Crippen molar-refractivity contribution in [2.24, 2.45) is 11.7 Å². The molecular formula is C16H22ClNO2. The molecule has 3 nitrogen and oxygen atoms in total. The molecule has 0 fully saturated rings. The van der Waals surface area contributed by atoms with Crippen LogP contribution in [0.5, 0.6) is 5.75 Å². The lowest BCUT2D eigenvalue weighted by molar-refractivity contribution is 0.0880. The molecule has 4 N–H and O–H groups in total. The number of aliphatic hydroxyl groups excluding tert-OH is 1. The number of nitrogens with two attached hydrogens (primary N) is 1. The van der Waals surface area contributed by atoms with E-state index in [9.17, 15) is 10.2 Å². The first kappa shape index (κ1) is 16.8. The van der Waals surface area contributed by atoms with Crippen molar-refractivity contribution in [1.82, 2.24) is 0 Å². The summed E-state index contributed by atoms with van der Waals surface area (Å²) in [6, 6.07) is 10.7. The molecule has 0 saturated carbocycles. The van der Waals surface area contributed by atoms with E-state index >= 15 is 0 Å². The Morgan fingerprint density at radius 1 is 1.10 bits per heavy atom. The van der Waals surface area contributed by atoms with E-state index in [0.717, 1.165) is 22.8 Å². The minimum Gasteiger partial charge on any atom is -0.508 e. The second-order valence-electron chi connectivity index (χ2n) is 5.19. The molecule has 2 aromatic rings. The fraction of sp³-hybridized carbons (Fsp3) is 0.375. The van der Waals surface area contributed by atoms with Gasteiger partial charge in [0.2, 0.25) is 0 Å². The molecule has 0 aliphatic heterocycles. The number of phenols is 1. The molecule has 0 aromatic heterocycles. The van der Waals surface area contributed by atoms with Gasteiger partial charge < -0.3 is 15.9 Å². The van der Waals surface area contributed by atoms with Crippen LogP contribution in [-0.2, 0) is 0 Å². The molecular weight excluding hydrogens is 274 g/mol. The van der Waals surface area contributed by atoms with E-state index in [1.807, 2.05) is 38.1 Å². The van der Waals surface area contributed by atoms with Gasteiger partial charge in [0.25, 0.3) is 0 Å². The number of benzene rings is 2. The smallest absolute Gasteiger partial charge is 0.116 e. The third kappa shape index (κ3) is 3.42. The van der Waals surface area contributed by atoms with Crippen molar-refractivity contribution in [3.05, 3.63) is 42.0 Å². The van der Waals surface area contributed by atoms with Crippen LogP contribution in [0, 0.1) is 5.92 Å². The summed E-state index contributed by atoms with van der Waals surface area (Å²) >= 11 is 0. The quantitative estimate of drug-likeness (QED) is 0.810. The van der Waals surface area contributed by atoms with Crippen LogP contribution in [0.25, 0.3) is 10.8 Å². The van der Waals surface area contributed by atoms with Crippen molar-refractivity contribution >= 4 is 23.2 Å². The van der Waals surface area contributed by atoms with Gasteiger partial charge in [0.15, 0.2) is 0 Å². The zero-order valence-corrected chi connectivity index (χ0v) is 12.6. The number of halogens is 1. The molecule has 0 amide bonds. The first-order valence-electron chi connectivity index (χ1n) is 6.69. The Balaban J connectivity index is 0.00000200. The van der Waals surface area contributed by atoms with Gasteiger partial charge in [-0.3, -0.25) is 0 Å². The van der Waals surface area contributed by atoms with Crippen LogP contribution in [-0.4, -0.2) is 16.3 Å². The zero-order valence-electron chi connectivity index (χ0n) is 11.8. The molecule has 110 valence electrons. The van der Waals surface area contributed by atoms with E-state index in [1.54, 1.807) is 12.1 Å². The molecule has 2 rings (SSSR count). The van der Waals surface area contributed by atoms with Crippen LogP contribution in [0.1, 0.15) is 31.9 Å². The van der Waals surface area contributed by atoms with Gasteiger partial charge in [0, 0.05) is 0 Å². The molecule has 3 atom stereocenters. The Bertz CT molecular complexity index is 573. The second-order valence-corrected chi connectivity index (χ2v) is 5.19. The molecule has 2 aromatic carbocycles. The fourth-order valence-corrected chi connectivity index (χ4v) is 2.25. The number of hydrogen-bond donors (Lipinski definition) is 3. The highest BCUT2D eigenvalue weighted by Gasteiger charge is 2.21. The van der Waals surface area contributed by atoms with Crippen LogP contribution >= 0.6 is 12.4 Å². The van der Waals surface area contributed by atoms with Gasteiger partial charge in [-0.2, -0.15) is 0 Å². The lowest BCUT2D eigenvalue weighted by Gasteiger charge is -2.24. The van der Waals surface area contributed by atoms with E-state index in [1.165, 1.54) is 0 Å². The van der Waals surface area contributed by atoms with Gasteiger partial charge >= 0.3 is 0 Å². The summed E-state index contributed by atoms with van der Waals surface area (Å²) in [7, 11) is 0. The summed E-state index contributed by atoms with van der Waals surface area (Å²) in [6.45, 7) is 4.05. The molecule has 1 unspecified atom stereocenters. The summed E-state index contributed by atoms with van der Waals surface area (Å²) < 4.78 is 0.